The van der Waals surface area contributed by atoms with Crippen LogP contribution in [0.3, 0.4) is 0 Å². The summed E-state index contributed by atoms with van der Waals surface area (Å²) >= 11 is 5.80. The number of halogens is 4. The molecule has 0 N–H and O–H groups in total. The summed E-state index contributed by atoms with van der Waals surface area (Å²) in [7, 11) is 0. The van der Waals surface area contributed by atoms with Gasteiger partial charge in [-0.05, 0) is 42.0 Å². The highest BCUT2D eigenvalue weighted by molar-refractivity contribution is 6.30. The molecular weight excluding hydrogens is 383 g/mol. The summed E-state index contributed by atoms with van der Waals surface area (Å²) in [4.78, 5) is 14.0. The number of alkyl halides is 3. The summed E-state index contributed by atoms with van der Waals surface area (Å²) in [5.41, 5.74) is -0.120. The van der Waals surface area contributed by atoms with Crippen molar-refractivity contribution in [1.82, 2.24) is 4.90 Å². The first kappa shape index (κ1) is 19.5. The molecular formula is C19H17ClF3NO3. The lowest BCUT2D eigenvalue weighted by Gasteiger charge is -2.33. The van der Waals surface area contributed by atoms with E-state index >= 15 is 0 Å². The van der Waals surface area contributed by atoms with Crippen molar-refractivity contribution in [2.24, 2.45) is 0 Å². The molecule has 1 unspecified atom stereocenters. The third kappa shape index (κ3) is 5.14. The van der Waals surface area contributed by atoms with Crippen LogP contribution in [0.15, 0.2) is 48.5 Å². The van der Waals surface area contributed by atoms with Crippen molar-refractivity contribution in [3.05, 3.63) is 64.7 Å². The zero-order chi connectivity index (χ0) is 19.4. The minimum atomic E-state index is -4.38. The Balaban J connectivity index is 1.58. The van der Waals surface area contributed by atoms with E-state index in [1.807, 2.05) is 0 Å². The van der Waals surface area contributed by atoms with Crippen LogP contribution in [0.2, 0.25) is 5.02 Å². The summed E-state index contributed by atoms with van der Waals surface area (Å²) < 4.78 is 49.1. The van der Waals surface area contributed by atoms with Crippen LogP contribution >= 0.6 is 11.6 Å². The van der Waals surface area contributed by atoms with Gasteiger partial charge in [-0.15, -0.1) is 0 Å². The average Bonchev–Trinajstić information content (AvgIpc) is 2.67. The number of nitrogens with zero attached hydrogens (tertiary/aromatic N) is 1. The van der Waals surface area contributed by atoms with Crippen LogP contribution in [0.4, 0.5) is 13.2 Å². The smallest absolute Gasteiger partial charge is 0.416 e. The van der Waals surface area contributed by atoms with Crippen molar-refractivity contribution in [2.75, 3.05) is 26.3 Å². The van der Waals surface area contributed by atoms with Gasteiger partial charge in [0, 0.05) is 11.6 Å². The van der Waals surface area contributed by atoms with Gasteiger partial charge in [-0.2, -0.15) is 13.2 Å². The van der Waals surface area contributed by atoms with E-state index < -0.39 is 17.8 Å². The lowest BCUT2D eigenvalue weighted by atomic mass is 10.1. The van der Waals surface area contributed by atoms with Gasteiger partial charge in [0.15, 0.2) is 6.61 Å². The molecule has 27 heavy (non-hydrogen) atoms. The molecule has 1 fully saturated rings. The van der Waals surface area contributed by atoms with Gasteiger partial charge in [0.1, 0.15) is 11.9 Å². The Morgan fingerprint density at radius 2 is 1.81 bits per heavy atom. The molecule has 0 aliphatic carbocycles. The zero-order valence-electron chi connectivity index (χ0n) is 14.2. The van der Waals surface area contributed by atoms with E-state index in [4.69, 9.17) is 21.1 Å². The van der Waals surface area contributed by atoms with Gasteiger partial charge in [0.05, 0.1) is 18.7 Å². The monoisotopic (exact) mass is 399 g/mol. The van der Waals surface area contributed by atoms with Crippen molar-refractivity contribution in [3.63, 3.8) is 0 Å². The van der Waals surface area contributed by atoms with Gasteiger partial charge in [0.25, 0.3) is 5.91 Å². The maximum Gasteiger partial charge on any atom is 0.416 e. The van der Waals surface area contributed by atoms with Crippen molar-refractivity contribution >= 4 is 17.5 Å². The predicted octanol–water partition coefficient (Wildman–Crippen LogP) is 4.34. The van der Waals surface area contributed by atoms with Crippen LogP contribution < -0.4 is 4.74 Å². The summed E-state index contributed by atoms with van der Waals surface area (Å²) in [5.74, 6) is 0.311. The molecule has 0 aromatic heterocycles. The molecule has 8 heteroatoms. The van der Waals surface area contributed by atoms with Crippen LogP contribution in [-0.2, 0) is 15.7 Å². The van der Waals surface area contributed by atoms with Crippen molar-refractivity contribution in [1.29, 1.82) is 0 Å². The third-order valence-corrected chi connectivity index (χ3v) is 4.46. The first-order valence-electron chi connectivity index (χ1n) is 8.28. The van der Waals surface area contributed by atoms with Gasteiger partial charge in [0.2, 0.25) is 0 Å². The highest BCUT2D eigenvalue weighted by Crippen LogP contribution is 2.31. The number of amides is 1. The topological polar surface area (TPSA) is 38.8 Å². The second-order valence-electron chi connectivity index (χ2n) is 6.06. The summed E-state index contributed by atoms with van der Waals surface area (Å²) in [5, 5.41) is 0.571. The molecule has 3 rings (SSSR count). The van der Waals surface area contributed by atoms with Crippen LogP contribution in [0.5, 0.6) is 5.75 Å². The number of rotatable bonds is 4. The minimum absolute atomic E-state index is 0.138. The summed E-state index contributed by atoms with van der Waals surface area (Å²) in [6.07, 6.45) is -4.85. The van der Waals surface area contributed by atoms with E-state index in [1.165, 1.54) is 12.1 Å². The lowest BCUT2D eigenvalue weighted by Crippen LogP contribution is -2.44. The Bertz CT molecular complexity index is 778. The van der Waals surface area contributed by atoms with E-state index in [9.17, 15) is 18.0 Å². The van der Waals surface area contributed by atoms with Gasteiger partial charge in [-0.1, -0.05) is 23.7 Å². The Morgan fingerprint density at radius 1 is 1.15 bits per heavy atom. The van der Waals surface area contributed by atoms with Crippen LogP contribution in [0, 0.1) is 0 Å². The fourth-order valence-corrected chi connectivity index (χ4v) is 2.86. The highest BCUT2D eigenvalue weighted by Gasteiger charge is 2.31. The Hall–Kier alpha value is -2.25. The van der Waals surface area contributed by atoms with Gasteiger partial charge in [-0.25, -0.2) is 0 Å². The highest BCUT2D eigenvalue weighted by atomic mass is 35.5. The fourth-order valence-electron chi connectivity index (χ4n) is 2.73. The molecule has 1 heterocycles. The molecule has 1 amide bonds. The fraction of sp³-hybridized carbons (Fsp3) is 0.316. The minimum Gasteiger partial charge on any atom is -0.484 e. The number of hydrogen-bond acceptors (Lipinski definition) is 3. The molecule has 4 nitrogen and oxygen atoms in total. The summed E-state index contributed by atoms with van der Waals surface area (Å²) in [6.45, 7) is 0.827. The standard InChI is InChI=1S/C19H17ClF3NO3/c20-15-5-7-16(8-6-15)27-12-18(25)24-9-10-26-17(11-24)13-1-3-14(4-2-13)19(21,22)23/h1-8,17H,9-12H2. The molecule has 1 aliphatic rings. The average molecular weight is 400 g/mol. The van der Waals surface area contributed by atoms with Crippen molar-refractivity contribution < 1.29 is 27.4 Å². The molecule has 0 spiro atoms. The van der Waals surface area contributed by atoms with Crippen LogP contribution in [0.25, 0.3) is 0 Å². The van der Waals surface area contributed by atoms with Gasteiger partial charge < -0.3 is 14.4 Å². The maximum atomic E-state index is 12.7. The Morgan fingerprint density at radius 3 is 2.44 bits per heavy atom. The number of morpholine rings is 1. The van der Waals surface area contributed by atoms with Crippen molar-refractivity contribution in [2.45, 2.75) is 12.3 Å². The molecule has 2 aromatic carbocycles. The molecule has 0 radical (unpaired) electrons. The Kier molecular flexibility index (Phi) is 5.92. The van der Waals surface area contributed by atoms with E-state index in [2.05, 4.69) is 0 Å². The number of benzene rings is 2. The van der Waals surface area contributed by atoms with Crippen LogP contribution in [-0.4, -0.2) is 37.1 Å². The van der Waals surface area contributed by atoms with E-state index in [0.29, 0.717) is 29.5 Å². The largest absolute Gasteiger partial charge is 0.484 e. The molecule has 0 bridgehead atoms. The summed E-state index contributed by atoms with van der Waals surface area (Å²) in [6, 6.07) is 11.5. The second kappa shape index (κ2) is 8.19. The molecule has 2 aromatic rings. The lowest BCUT2D eigenvalue weighted by molar-refractivity contribution is -0.141. The molecule has 1 aliphatic heterocycles. The quantitative estimate of drug-likeness (QED) is 0.767. The van der Waals surface area contributed by atoms with E-state index in [-0.39, 0.29) is 19.1 Å². The van der Waals surface area contributed by atoms with Gasteiger partial charge >= 0.3 is 6.18 Å². The van der Waals surface area contributed by atoms with Crippen molar-refractivity contribution in [3.8, 4) is 5.75 Å². The van der Waals surface area contributed by atoms with E-state index in [1.54, 1.807) is 29.2 Å². The number of ether oxygens (including phenoxy) is 2. The third-order valence-electron chi connectivity index (χ3n) is 4.20. The Labute approximate surface area is 159 Å². The SMILES string of the molecule is O=C(COc1ccc(Cl)cc1)N1CCOC(c2ccc(C(F)(F)F)cc2)C1. The normalized spacial score (nSPS) is 17.6. The number of carbonyl (C=O) groups excluding carboxylic acids is 1. The van der Waals surface area contributed by atoms with E-state index in [0.717, 1.165) is 12.1 Å². The first-order chi connectivity index (χ1) is 12.8. The second-order valence-corrected chi connectivity index (χ2v) is 6.50. The molecule has 0 saturated carbocycles. The first-order valence-corrected chi connectivity index (χ1v) is 8.65. The predicted molar refractivity (Wildman–Crippen MR) is 93.7 cm³/mol. The van der Waals surface area contributed by atoms with Crippen LogP contribution in [0.1, 0.15) is 17.2 Å². The maximum absolute atomic E-state index is 12.7. The molecule has 1 atom stereocenters. The number of hydrogen-bond donors (Lipinski definition) is 0. The molecule has 1 saturated heterocycles. The zero-order valence-corrected chi connectivity index (χ0v) is 15.0. The number of carbonyl (C=O) groups is 1. The molecule has 144 valence electrons. The van der Waals surface area contributed by atoms with Gasteiger partial charge in [-0.3, -0.25) is 4.79 Å².